The molecule has 9 heteroatoms. The number of carbonyl (C=O) groups is 1. The molecule has 0 fully saturated rings. The fourth-order valence-corrected chi connectivity index (χ4v) is 3.41. The number of benzene rings is 3. The number of amides is 1. The molecule has 0 atom stereocenters. The monoisotopic (exact) mass is 467 g/mol. The van der Waals surface area contributed by atoms with Crippen molar-refractivity contribution in [2.24, 2.45) is 0 Å². The zero-order valence-electron chi connectivity index (χ0n) is 15.5. The molecule has 0 saturated carbocycles. The molecule has 1 heterocycles. The predicted octanol–water partition coefficient (Wildman–Crippen LogP) is 5.43. The van der Waals surface area contributed by atoms with E-state index in [1.807, 2.05) is 0 Å². The third-order valence-corrected chi connectivity index (χ3v) is 5.22. The van der Waals surface area contributed by atoms with Crippen LogP contribution in [0.1, 0.15) is 15.9 Å². The molecule has 4 rings (SSSR count). The van der Waals surface area contributed by atoms with Crippen LogP contribution >= 0.6 is 15.9 Å². The van der Waals surface area contributed by atoms with Crippen molar-refractivity contribution in [3.8, 4) is 17.2 Å². The largest absolute Gasteiger partial charge is 0.507 e. The van der Waals surface area contributed by atoms with E-state index in [0.717, 1.165) is 0 Å². The van der Waals surface area contributed by atoms with Crippen molar-refractivity contribution >= 4 is 44.3 Å². The Bertz CT molecular complexity index is 1320. The molecule has 4 aromatic rings. The zero-order chi connectivity index (χ0) is 21.4. The standard InChI is InChI=1S/C21H14BrN3O5/c1-11-14(3-2-4-17(11)25(28)29)20(27)23-13-6-8-19-16(10-13)24-21(30-19)12-5-7-18(26)15(22)9-12/h2-10,26H,1H3,(H,23,27). The fourth-order valence-electron chi connectivity index (χ4n) is 3.03. The molecule has 0 spiro atoms. The Morgan fingerprint density at radius 1 is 1.20 bits per heavy atom. The summed E-state index contributed by atoms with van der Waals surface area (Å²) in [5.74, 6) is 0.0155. The summed E-state index contributed by atoms with van der Waals surface area (Å²) in [6.45, 7) is 1.54. The van der Waals surface area contributed by atoms with Gasteiger partial charge in [-0.25, -0.2) is 4.98 Å². The molecule has 3 aromatic carbocycles. The Labute approximate surface area is 178 Å². The number of halogens is 1. The summed E-state index contributed by atoms with van der Waals surface area (Å²) in [5, 5.41) is 23.5. The highest BCUT2D eigenvalue weighted by Gasteiger charge is 2.18. The number of hydrogen-bond acceptors (Lipinski definition) is 6. The highest BCUT2D eigenvalue weighted by Crippen LogP contribution is 2.32. The molecule has 150 valence electrons. The molecule has 1 amide bonds. The van der Waals surface area contributed by atoms with Crippen LogP contribution in [0.3, 0.4) is 0 Å². The van der Waals surface area contributed by atoms with Gasteiger partial charge < -0.3 is 14.8 Å². The van der Waals surface area contributed by atoms with E-state index in [1.165, 1.54) is 31.2 Å². The number of nitrogens with one attached hydrogen (secondary N) is 1. The lowest BCUT2D eigenvalue weighted by molar-refractivity contribution is -0.385. The van der Waals surface area contributed by atoms with Crippen molar-refractivity contribution in [1.82, 2.24) is 4.98 Å². The minimum atomic E-state index is -0.517. The van der Waals surface area contributed by atoms with Crippen LogP contribution in [0.5, 0.6) is 5.75 Å². The molecule has 8 nitrogen and oxygen atoms in total. The molecule has 0 aliphatic heterocycles. The molecule has 0 bridgehead atoms. The number of anilines is 1. The van der Waals surface area contributed by atoms with Crippen LogP contribution in [-0.2, 0) is 0 Å². The Hall–Kier alpha value is -3.72. The Kier molecular flexibility index (Phi) is 4.96. The van der Waals surface area contributed by atoms with Gasteiger partial charge in [0.05, 0.1) is 9.40 Å². The number of nitro benzene ring substituents is 1. The second kappa shape index (κ2) is 7.60. The fraction of sp³-hybridized carbons (Fsp3) is 0.0476. The molecule has 0 saturated heterocycles. The van der Waals surface area contributed by atoms with E-state index >= 15 is 0 Å². The Morgan fingerprint density at radius 3 is 2.73 bits per heavy atom. The van der Waals surface area contributed by atoms with Crippen molar-refractivity contribution in [1.29, 1.82) is 0 Å². The summed E-state index contributed by atoms with van der Waals surface area (Å²) in [4.78, 5) is 27.7. The molecule has 0 radical (unpaired) electrons. The molecule has 0 aliphatic carbocycles. The first-order valence-electron chi connectivity index (χ1n) is 8.78. The van der Waals surface area contributed by atoms with Gasteiger partial charge in [-0.3, -0.25) is 14.9 Å². The van der Waals surface area contributed by atoms with Gasteiger partial charge in [-0.2, -0.15) is 0 Å². The summed E-state index contributed by atoms with van der Waals surface area (Å²) in [5.41, 5.74) is 2.61. The van der Waals surface area contributed by atoms with E-state index in [2.05, 4.69) is 26.2 Å². The predicted molar refractivity (Wildman–Crippen MR) is 115 cm³/mol. The molecule has 30 heavy (non-hydrogen) atoms. The minimum absolute atomic E-state index is 0.108. The Balaban J connectivity index is 1.63. The lowest BCUT2D eigenvalue weighted by Gasteiger charge is -2.07. The van der Waals surface area contributed by atoms with Gasteiger partial charge in [0, 0.05) is 28.4 Å². The van der Waals surface area contributed by atoms with Crippen LogP contribution in [0.2, 0.25) is 0 Å². The average Bonchev–Trinajstić information content (AvgIpc) is 3.13. The van der Waals surface area contributed by atoms with Gasteiger partial charge in [0.15, 0.2) is 5.58 Å². The molecule has 0 aliphatic rings. The number of rotatable bonds is 4. The maximum absolute atomic E-state index is 12.6. The number of aromatic hydroxyl groups is 1. The smallest absolute Gasteiger partial charge is 0.273 e. The number of phenolic OH excluding ortho intramolecular Hbond substituents is 1. The summed E-state index contributed by atoms with van der Waals surface area (Å²) < 4.78 is 6.27. The molecular weight excluding hydrogens is 454 g/mol. The number of nitrogens with zero attached hydrogens (tertiary/aromatic N) is 2. The first-order chi connectivity index (χ1) is 14.3. The van der Waals surface area contributed by atoms with Gasteiger partial charge in [0.2, 0.25) is 5.89 Å². The average molecular weight is 468 g/mol. The summed E-state index contributed by atoms with van der Waals surface area (Å²) in [6, 6.07) is 14.3. The highest BCUT2D eigenvalue weighted by molar-refractivity contribution is 9.10. The van der Waals surface area contributed by atoms with Crippen LogP contribution in [-0.4, -0.2) is 20.9 Å². The third kappa shape index (κ3) is 3.62. The third-order valence-electron chi connectivity index (χ3n) is 4.59. The van der Waals surface area contributed by atoms with Gasteiger partial charge in [-0.05, 0) is 65.3 Å². The highest BCUT2D eigenvalue weighted by atomic mass is 79.9. The molecule has 0 unspecified atom stereocenters. The second-order valence-corrected chi connectivity index (χ2v) is 7.38. The van der Waals surface area contributed by atoms with Gasteiger partial charge >= 0.3 is 0 Å². The first-order valence-corrected chi connectivity index (χ1v) is 9.57. The van der Waals surface area contributed by atoms with Crippen molar-refractivity contribution in [3.05, 3.63) is 80.3 Å². The van der Waals surface area contributed by atoms with E-state index in [4.69, 9.17) is 4.42 Å². The van der Waals surface area contributed by atoms with Crippen LogP contribution < -0.4 is 5.32 Å². The summed E-state index contributed by atoms with van der Waals surface area (Å²) >= 11 is 3.26. The lowest BCUT2D eigenvalue weighted by Crippen LogP contribution is -2.14. The maximum Gasteiger partial charge on any atom is 0.273 e. The topological polar surface area (TPSA) is 118 Å². The quantitative estimate of drug-likeness (QED) is 0.305. The van der Waals surface area contributed by atoms with Crippen molar-refractivity contribution < 1.29 is 19.2 Å². The van der Waals surface area contributed by atoms with Crippen LogP contribution in [0.25, 0.3) is 22.6 Å². The zero-order valence-corrected chi connectivity index (χ0v) is 17.1. The molecule has 1 aromatic heterocycles. The number of oxazole rings is 1. The van der Waals surface area contributed by atoms with E-state index < -0.39 is 10.8 Å². The first kappa shape index (κ1) is 19.6. The van der Waals surface area contributed by atoms with Crippen LogP contribution in [0, 0.1) is 17.0 Å². The normalized spacial score (nSPS) is 10.9. The SMILES string of the molecule is Cc1c(C(=O)Nc2ccc3oc(-c4ccc(O)c(Br)c4)nc3c2)cccc1[N+](=O)[O-]. The second-order valence-electron chi connectivity index (χ2n) is 6.53. The van der Waals surface area contributed by atoms with Gasteiger partial charge in [0.1, 0.15) is 11.3 Å². The number of carbonyl (C=O) groups excluding carboxylic acids is 1. The Morgan fingerprint density at radius 2 is 2.00 bits per heavy atom. The number of phenols is 1. The number of nitro groups is 1. The summed E-state index contributed by atoms with van der Waals surface area (Å²) in [6.07, 6.45) is 0. The maximum atomic E-state index is 12.6. The van der Waals surface area contributed by atoms with E-state index in [-0.39, 0.29) is 17.0 Å². The minimum Gasteiger partial charge on any atom is -0.507 e. The van der Waals surface area contributed by atoms with Gasteiger partial charge in [0.25, 0.3) is 11.6 Å². The molecular formula is C21H14BrN3O5. The van der Waals surface area contributed by atoms with Gasteiger partial charge in [-0.1, -0.05) is 6.07 Å². The number of hydrogen-bond donors (Lipinski definition) is 2. The van der Waals surface area contributed by atoms with Crippen molar-refractivity contribution in [2.75, 3.05) is 5.32 Å². The lowest BCUT2D eigenvalue weighted by atomic mass is 10.1. The van der Waals surface area contributed by atoms with Gasteiger partial charge in [-0.15, -0.1) is 0 Å². The van der Waals surface area contributed by atoms with Crippen LogP contribution in [0.15, 0.2) is 63.5 Å². The van der Waals surface area contributed by atoms with Crippen molar-refractivity contribution in [2.45, 2.75) is 6.92 Å². The van der Waals surface area contributed by atoms with E-state index in [9.17, 15) is 20.0 Å². The van der Waals surface area contributed by atoms with Crippen LogP contribution in [0.4, 0.5) is 11.4 Å². The number of aromatic nitrogens is 1. The van der Waals surface area contributed by atoms with E-state index in [1.54, 1.807) is 30.3 Å². The molecule has 2 N–H and O–H groups in total. The van der Waals surface area contributed by atoms with E-state index in [0.29, 0.717) is 38.3 Å². The van der Waals surface area contributed by atoms with Crippen molar-refractivity contribution in [3.63, 3.8) is 0 Å². The number of fused-ring (bicyclic) bond motifs is 1. The summed E-state index contributed by atoms with van der Waals surface area (Å²) in [7, 11) is 0.